The van der Waals surface area contributed by atoms with Crippen LogP contribution in [0.3, 0.4) is 0 Å². The Balaban J connectivity index is 1.96. The highest BCUT2D eigenvalue weighted by atomic mass is 79.9. The lowest BCUT2D eigenvalue weighted by molar-refractivity contribution is 0.450. The third-order valence-electron chi connectivity index (χ3n) is 3.57. The van der Waals surface area contributed by atoms with Crippen molar-refractivity contribution in [1.82, 2.24) is 15.1 Å². The Morgan fingerprint density at radius 3 is 2.63 bits per heavy atom. The zero-order valence-corrected chi connectivity index (χ0v) is 13.7. The van der Waals surface area contributed by atoms with Crippen LogP contribution < -0.4 is 5.32 Å². The molecule has 19 heavy (non-hydrogen) atoms. The third kappa shape index (κ3) is 3.58. The Morgan fingerprint density at radius 2 is 2.05 bits per heavy atom. The highest BCUT2D eigenvalue weighted by Crippen LogP contribution is 2.21. The molecule has 0 bridgehead atoms. The molecule has 1 N–H and O–H groups in total. The van der Waals surface area contributed by atoms with Crippen molar-refractivity contribution in [2.45, 2.75) is 45.8 Å². The summed E-state index contributed by atoms with van der Waals surface area (Å²) in [5.41, 5.74) is 2.12. The van der Waals surface area contributed by atoms with Crippen LogP contribution in [-0.4, -0.2) is 35.7 Å². The number of hydrogen-bond acceptors (Lipinski definition) is 4. The number of rotatable bonds is 4. The second-order valence-electron chi connectivity index (χ2n) is 4.97. The molecule has 0 unspecified atom stereocenters. The number of aromatic nitrogens is 2. The highest BCUT2D eigenvalue weighted by Gasteiger charge is 2.23. The first-order valence-corrected chi connectivity index (χ1v) is 9.20. The summed E-state index contributed by atoms with van der Waals surface area (Å²) in [4.78, 5) is 0. The Morgan fingerprint density at radius 1 is 1.42 bits per heavy atom. The summed E-state index contributed by atoms with van der Waals surface area (Å²) in [6.45, 7) is 5.60. The fourth-order valence-electron chi connectivity index (χ4n) is 2.37. The molecule has 1 saturated heterocycles. The lowest BCUT2D eigenvalue weighted by Crippen LogP contribution is -2.37. The summed E-state index contributed by atoms with van der Waals surface area (Å²) in [5.74, 6) is 0.607. The molecule has 0 aliphatic carbocycles. The van der Waals surface area contributed by atoms with E-state index in [1.165, 1.54) is 0 Å². The van der Waals surface area contributed by atoms with Crippen LogP contribution in [-0.2, 0) is 22.9 Å². The topological polar surface area (TPSA) is 64.0 Å². The van der Waals surface area contributed by atoms with E-state index in [2.05, 4.69) is 33.3 Å². The first-order chi connectivity index (χ1) is 8.93. The van der Waals surface area contributed by atoms with Gasteiger partial charge in [-0.3, -0.25) is 4.68 Å². The average Bonchev–Trinajstić information content (AvgIpc) is 2.64. The Labute approximate surface area is 122 Å². The van der Waals surface area contributed by atoms with Crippen LogP contribution in [0.2, 0.25) is 0 Å². The van der Waals surface area contributed by atoms with Crippen LogP contribution in [0.5, 0.6) is 0 Å². The molecule has 5 nitrogen and oxygen atoms in total. The van der Waals surface area contributed by atoms with Crippen LogP contribution in [0, 0.1) is 6.92 Å². The van der Waals surface area contributed by atoms with E-state index in [4.69, 9.17) is 0 Å². The molecule has 1 aliphatic heterocycles. The Kier molecular flexibility index (Phi) is 4.68. The summed E-state index contributed by atoms with van der Waals surface area (Å²) in [6, 6.07) is 0.288. The van der Waals surface area contributed by atoms with Gasteiger partial charge in [0.1, 0.15) is 9.84 Å². The lowest BCUT2D eigenvalue weighted by Gasteiger charge is -2.23. The normalized spacial score (nSPS) is 19.7. The molecule has 0 spiro atoms. The SMILES string of the molecule is CCn1nc(C)c(Br)c1CNC1CCS(=O)(=O)CC1. The Hall–Kier alpha value is -0.400. The van der Waals surface area contributed by atoms with E-state index in [0.29, 0.717) is 24.3 Å². The van der Waals surface area contributed by atoms with Crippen LogP contribution in [0.1, 0.15) is 31.2 Å². The zero-order chi connectivity index (χ0) is 14.0. The van der Waals surface area contributed by atoms with Crippen molar-refractivity contribution in [2.75, 3.05) is 11.5 Å². The van der Waals surface area contributed by atoms with Crippen molar-refractivity contribution in [3.8, 4) is 0 Å². The predicted octanol–water partition coefficient (Wildman–Crippen LogP) is 1.64. The van der Waals surface area contributed by atoms with E-state index in [1.807, 2.05) is 11.6 Å². The maximum atomic E-state index is 11.4. The molecular weight excluding hydrogens is 330 g/mol. The first-order valence-electron chi connectivity index (χ1n) is 6.58. The van der Waals surface area contributed by atoms with Gasteiger partial charge in [-0.05, 0) is 42.6 Å². The van der Waals surface area contributed by atoms with E-state index in [0.717, 1.165) is 29.0 Å². The molecular formula is C12H20BrN3O2S. The molecule has 1 aliphatic rings. The van der Waals surface area contributed by atoms with E-state index in [-0.39, 0.29) is 6.04 Å². The minimum Gasteiger partial charge on any atom is -0.308 e. The molecule has 1 fully saturated rings. The van der Waals surface area contributed by atoms with Gasteiger partial charge in [-0.1, -0.05) is 0 Å². The molecule has 108 valence electrons. The molecule has 0 amide bonds. The van der Waals surface area contributed by atoms with Gasteiger partial charge in [-0.15, -0.1) is 0 Å². The molecule has 7 heteroatoms. The second kappa shape index (κ2) is 5.93. The van der Waals surface area contributed by atoms with Crippen molar-refractivity contribution in [2.24, 2.45) is 0 Å². The van der Waals surface area contributed by atoms with Crippen LogP contribution >= 0.6 is 15.9 Å². The molecule has 1 aromatic rings. The van der Waals surface area contributed by atoms with Gasteiger partial charge in [0.2, 0.25) is 0 Å². The number of aryl methyl sites for hydroxylation is 2. The summed E-state index contributed by atoms with van der Waals surface area (Å²) < 4.78 is 25.8. The van der Waals surface area contributed by atoms with Gasteiger partial charge in [0, 0.05) is 19.1 Å². The molecule has 2 heterocycles. The van der Waals surface area contributed by atoms with Gasteiger partial charge in [0.25, 0.3) is 0 Å². The maximum absolute atomic E-state index is 11.4. The van der Waals surface area contributed by atoms with Crippen molar-refractivity contribution < 1.29 is 8.42 Å². The van der Waals surface area contributed by atoms with Crippen LogP contribution in [0.4, 0.5) is 0 Å². The Bertz CT molecular complexity index is 540. The van der Waals surface area contributed by atoms with Gasteiger partial charge in [-0.25, -0.2) is 8.42 Å². The van der Waals surface area contributed by atoms with Crippen LogP contribution in [0.25, 0.3) is 0 Å². The summed E-state index contributed by atoms with van der Waals surface area (Å²) in [7, 11) is -2.78. The van der Waals surface area contributed by atoms with E-state index >= 15 is 0 Å². The smallest absolute Gasteiger partial charge is 0.150 e. The maximum Gasteiger partial charge on any atom is 0.150 e. The minimum absolute atomic E-state index is 0.288. The van der Waals surface area contributed by atoms with E-state index in [1.54, 1.807) is 0 Å². The predicted molar refractivity (Wildman–Crippen MR) is 78.9 cm³/mol. The molecule has 0 atom stereocenters. The number of hydrogen-bond donors (Lipinski definition) is 1. The van der Waals surface area contributed by atoms with Gasteiger partial charge in [0.05, 0.1) is 27.4 Å². The van der Waals surface area contributed by atoms with E-state index in [9.17, 15) is 8.42 Å². The number of halogens is 1. The van der Waals surface area contributed by atoms with Crippen molar-refractivity contribution in [1.29, 1.82) is 0 Å². The fraction of sp³-hybridized carbons (Fsp3) is 0.750. The minimum atomic E-state index is -2.78. The van der Waals surface area contributed by atoms with Crippen molar-refractivity contribution in [3.63, 3.8) is 0 Å². The standard InChI is InChI=1S/C12H20BrN3O2S/c1-3-16-11(12(13)9(2)15-16)8-14-10-4-6-19(17,18)7-5-10/h10,14H,3-8H2,1-2H3. The lowest BCUT2D eigenvalue weighted by atomic mass is 10.1. The highest BCUT2D eigenvalue weighted by molar-refractivity contribution is 9.10. The summed E-state index contributed by atoms with van der Waals surface area (Å²) >= 11 is 3.57. The van der Waals surface area contributed by atoms with Crippen molar-refractivity contribution >= 4 is 25.8 Å². The zero-order valence-electron chi connectivity index (χ0n) is 11.3. The fourth-order valence-corrected chi connectivity index (χ4v) is 4.29. The van der Waals surface area contributed by atoms with E-state index < -0.39 is 9.84 Å². The van der Waals surface area contributed by atoms with Gasteiger partial charge >= 0.3 is 0 Å². The molecule has 0 saturated carbocycles. The van der Waals surface area contributed by atoms with Gasteiger partial charge in [-0.2, -0.15) is 5.10 Å². The van der Waals surface area contributed by atoms with Crippen molar-refractivity contribution in [3.05, 3.63) is 15.9 Å². The van der Waals surface area contributed by atoms with Crippen LogP contribution in [0.15, 0.2) is 4.47 Å². The summed E-state index contributed by atoms with van der Waals surface area (Å²) in [6.07, 6.45) is 1.42. The quantitative estimate of drug-likeness (QED) is 0.897. The van der Waals surface area contributed by atoms with Gasteiger partial charge < -0.3 is 5.32 Å². The molecule has 1 aromatic heterocycles. The van der Waals surface area contributed by atoms with Gasteiger partial charge in [0.15, 0.2) is 0 Å². The molecule has 0 aromatic carbocycles. The average molecular weight is 350 g/mol. The summed E-state index contributed by atoms with van der Waals surface area (Å²) in [5, 5.41) is 7.90. The largest absolute Gasteiger partial charge is 0.308 e. The number of nitrogens with zero attached hydrogens (tertiary/aromatic N) is 2. The first kappa shape index (κ1) is 15.0. The monoisotopic (exact) mass is 349 g/mol. The number of sulfone groups is 1. The molecule has 2 rings (SSSR count). The second-order valence-corrected chi connectivity index (χ2v) is 8.07. The number of nitrogens with one attached hydrogen (secondary N) is 1. The third-order valence-corrected chi connectivity index (χ3v) is 6.31. The molecule has 0 radical (unpaired) electrons.